The zero-order valence-electron chi connectivity index (χ0n) is 17.3. The predicted molar refractivity (Wildman–Crippen MR) is 123 cm³/mol. The van der Waals surface area contributed by atoms with Gasteiger partial charge in [-0.25, -0.2) is 0 Å². The Kier molecular flexibility index (Phi) is 6.92. The average Bonchev–Trinajstić information content (AvgIpc) is 3.04. The van der Waals surface area contributed by atoms with Crippen LogP contribution in [0.3, 0.4) is 0 Å². The van der Waals surface area contributed by atoms with E-state index in [4.69, 9.17) is 21.1 Å². The molecule has 1 aliphatic heterocycles. The van der Waals surface area contributed by atoms with Crippen molar-refractivity contribution in [2.24, 2.45) is 0 Å². The molecule has 4 rings (SSSR count). The third kappa shape index (κ3) is 5.39. The Morgan fingerprint density at radius 1 is 0.906 bits per heavy atom. The summed E-state index contributed by atoms with van der Waals surface area (Å²) in [6.07, 6.45) is 0.856. The molecule has 0 fully saturated rings. The first-order valence-electron chi connectivity index (χ1n) is 10.4. The Hall–Kier alpha value is -3.51. The Bertz CT molecular complexity index is 1100. The molecule has 1 unspecified atom stereocenters. The van der Waals surface area contributed by atoms with Crippen molar-refractivity contribution in [1.29, 1.82) is 0 Å². The van der Waals surface area contributed by atoms with E-state index in [0.29, 0.717) is 41.0 Å². The van der Waals surface area contributed by atoms with Crippen molar-refractivity contribution in [3.05, 3.63) is 88.9 Å². The number of benzene rings is 3. The van der Waals surface area contributed by atoms with Gasteiger partial charge in [-0.2, -0.15) is 0 Å². The van der Waals surface area contributed by atoms with Gasteiger partial charge < -0.3 is 20.1 Å². The van der Waals surface area contributed by atoms with Crippen molar-refractivity contribution < 1.29 is 19.1 Å². The van der Waals surface area contributed by atoms with Gasteiger partial charge in [-0.1, -0.05) is 54.1 Å². The maximum Gasteiger partial charge on any atom is 0.253 e. The second-order valence-electron chi connectivity index (χ2n) is 7.38. The van der Waals surface area contributed by atoms with Gasteiger partial charge in [-0.05, 0) is 29.8 Å². The summed E-state index contributed by atoms with van der Waals surface area (Å²) in [4.78, 5) is 25.7. The smallest absolute Gasteiger partial charge is 0.253 e. The predicted octanol–water partition coefficient (Wildman–Crippen LogP) is 5.00. The van der Waals surface area contributed by atoms with Gasteiger partial charge >= 0.3 is 0 Å². The van der Waals surface area contributed by atoms with E-state index < -0.39 is 6.04 Å². The van der Waals surface area contributed by atoms with Crippen LogP contribution in [-0.4, -0.2) is 25.0 Å². The van der Waals surface area contributed by atoms with E-state index in [0.717, 1.165) is 12.0 Å². The maximum absolute atomic E-state index is 12.9. The molecule has 6 nitrogen and oxygen atoms in total. The average molecular weight is 451 g/mol. The summed E-state index contributed by atoms with van der Waals surface area (Å²) in [5.74, 6) is 0.683. The zero-order valence-corrected chi connectivity index (χ0v) is 18.1. The third-order valence-corrected chi connectivity index (χ3v) is 5.38. The number of fused-ring (bicyclic) bond motifs is 1. The van der Waals surface area contributed by atoms with E-state index >= 15 is 0 Å². The molecule has 7 heteroatoms. The lowest BCUT2D eigenvalue weighted by Gasteiger charge is -2.20. The van der Waals surface area contributed by atoms with Gasteiger partial charge in [0.05, 0.1) is 36.3 Å². The topological polar surface area (TPSA) is 76.7 Å². The van der Waals surface area contributed by atoms with Gasteiger partial charge in [0, 0.05) is 18.2 Å². The molecule has 1 aliphatic rings. The normalized spacial score (nSPS) is 13.5. The fourth-order valence-electron chi connectivity index (χ4n) is 3.46. The Morgan fingerprint density at radius 3 is 2.41 bits per heavy atom. The number of carbonyl (C=O) groups excluding carboxylic acids is 2. The minimum absolute atomic E-state index is 0.0502. The Labute approximate surface area is 191 Å². The van der Waals surface area contributed by atoms with E-state index in [9.17, 15) is 9.59 Å². The summed E-state index contributed by atoms with van der Waals surface area (Å²) in [6, 6.07) is 20.9. The summed E-state index contributed by atoms with van der Waals surface area (Å²) in [6.45, 7) is 1.16. The molecule has 0 aliphatic carbocycles. The summed E-state index contributed by atoms with van der Waals surface area (Å²) in [5.41, 5.74) is 1.78. The summed E-state index contributed by atoms with van der Waals surface area (Å²) in [7, 11) is 0. The number of hydrogen-bond acceptors (Lipinski definition) is 4. The van der Waals surface area contributed by atoms with Crippen LogP contribution in [0, 0.1) is 0 Å². The van der Waals surface area contributed by atoms with Gasteiger partial charge in [0.15, 0.2) is 11.5 Å². The first kappa shape index (κ1) is 21.7. The number of hydrogen-bond donors (Lipinski definition) is 2. The molecule has 0 aromatic heterocycles. The largest absolute Gasteiger partial charge is 0.490 e. The van der Waals surface area contributed by atoms with E-state index in [1.165, 1.54) is 0 Å². The lowest BCUT2D eigenvalue weighted by molar-refractivity contribution is -0.116. The number of anilines is 1. The third-order valence-electron chi connectivity index (χ3n) is 5.05. The van der Waals surface area contributed by atoms with Crippen LogP contribution >= 0.6 is 11.6 Å². The molecule has 3 aromatic rings. The summed E-state index contributed by atoms with van der Waals surface area (Å²) < 4.78 is 11.3. The molecule has 0 saturated heterocycles. The number of carbonyl (C=O) groups is 2. The van der Waals surface area contributed by atoms with Crippen molar-refractivity contribution in [1.82, 2.24) is 5.32 Å². The minimum Gasteiger partial charge on any atom is -0.490 e. The zero-order chi connectivity index (χ0) is 22.3. The molecule has 164 valence electrons. The number of rotatable bonds is 6. The van der Waals surface area contributed by atoms with Crippen molar-refractivity contribution >= 4 is 29.1 Å². The molecule has 0 saturated carbocycles. The van der Waals surface area contributed by atoms with Crippen molar-refractivity contribution in [2.45, 2.75) is 18.9 Å². The molecule has 1 atom stereocenters. The highest BCUT2D eigenvalue weighted by atomic mass is 35.5. The lowest BCUT2D eigenvalue weighted by atomic mass is 10.0. The Morgan fingerprint density at radius 2 is 1.62 bits per heavy atom. The molecule has 2 N–H and O–H groups in total. The second kappa shape index (κ2) is 10.2. The fourth-order valence-corrected chi connectivity index (χ4v) is 3.68. The van der Waals surface area contributed by atoms with Crippen LogP contribution in [0.5, 0.6) is 11.5 Å². The molecule has 0 radical (unpaired) electrons. The lowest BCUT2D eigenvalue weighted by Crippen LogP contribution is -2.31. The van der Waals surface area contributed by atoms with E-state index in [1.807, 2.05) is 30.3 Å². The van der Waals surface area contributed by atoms with E-state index in [1.54, 1.807) is 42.5 Å². The highest BCUT2D eigenvalue weighted by Crippen LogP contribution is 2.32. The summed E-state index contributed by atoms with van der Waals surface area (Å²) in [5, 5.41) is 6.18. The van der Waals surface area contributed by atoms with Crippen LogP contribution in [0.1, 0.15) is 34.8 Å². The van der Waals surface area contributed by atoms with Crippen LogP contribution in [0.2, 0.25) is 5.02 Å². The SMILES string of the molecule is O=C(CC(NC(=O)c1ccccc1Cl)c1ccccc1)Nc1ccc2c(c1)OCCCO2. The quantitative estimate of drug-likeness (QED) is 0.554. The molecular formula is C25H23ClN2O4. The number of nitrogens with one attached hydrogen (secondary N) is 2. The number of amides is 2. The standard InChI is InChI=1S/C25H23ClN2O4/c26-20-10-5-4-9-19(20)25(30)28-21(17-7-2-1-3-8-17)16-24(29)27-18-11-12-22-23(15-18)32-14-6-13-31-22/h1-5,7-12,15,21H,6,13-14,16H2,(H,27,29)(H,28,30). The van der Waals surface area contributed by atoms with Gasteiger partial charge in [0.2, 0.25) is 5.91 Å². The van der Waals surface area contributed by atoms with Gasteiger partial charge in [0.1, 0.15) is 0 Å². The molecule has 0 spiro atoms. The molecule has 3 aromatic carbocycles. The number of ether oxygens (including phenoxy) is 2. The molecule has 0 bridgehead atoms. The fraction of sp³-hybridized carbons (Fsp3) is 0.200. The molecular weight excluding hydrogens is 428 g/mol. The minimum atomic E-state index is -0.527. The molecule has 1 heterocycles. The monoisotopic (exact) mass is 450 g/mol. The van der Waals surface area contributed by atoms with E-state index in [2.05, 4.69) is 10.6 Å². The highest BCUT2D eigenvalue weighted by molar-refractivity contribution is 6.33. The second-order valence-corrected chi connectivity index (χ2v) is 7.79. The molecule has 32 heavy (non-hydrogen) atoms. The van der Waals surface area contributed by atoms with Crippen molar-refractivity contribution in [3.63, 3.8) is 0 Å². The van der Waals surface area contributed by atoms with Gasteiger partial charge in [-0.3, -0.25) is 9.59 Å². The first-order valence-corrected chi connectivity index (χ1v) is 10.8. The maximum atomic E-state index is 12.9. The Balaban J connectivity index is 1.49. The number of halogens is 1. The first-order chi connectivity index (χ1) is 15.6. The van der Waals surface area contributed by atoms with Crippen LogP contribution < -0.4 is 20.1 Å². The van der Waals surface area contributed by atoms with Gasteiger partial charge in [0.25, 0.3) is 5.91 Å². The van der Waals surface area contributed by atoms with Crippen molar-refractivity contribution in [3.8, 4) is 11.5 Å². The van der Waals surface area contributed by atoms with E-state index in [-0.39, 0.29) is 18.2 Å². The van der Waals surface area contributed by atoms with Gasteiger partial charge in [-0.15, -0.1) is 0 Å². The van der Waals surface area contributed by atoms with Crippen LogP contribution in [0.15, 0.2) is 72.8 Å². The van der Waals surface area contributed by atoms with Crippen LogP contribution in [-0.2, 0) is 4.79 Å². The van der Waals surface area contributed by atoms with Crippen LogP contribution in [0.25, 0.3) is 0 Å². The van der Waals surface area contributed by atoms with Crippen molar-refractivity contribution in [2.75, 3.05) is 18.5 Å². The summed E-state index contributed by atoms with van der Waals surface area (Å²) >= 11 is 6.17. The highest BCUT2D eigenvalue weighted by Gasteiger charge is 2.21. The molecule has 2 amide bonds. The van der Waals surface area contributed by atoms with Crippen LogP contribution in [0.4, 0.5) is 5.69 Å².